The Labute approximate surface area is 133 Å². The van der Waals surface area contributed by atoms with Crippen LogP contribution in [0.15, 0.2) is 18.2 Å². The molecule has 5 heteroatoms. The summed E-state index contributed by atoms with van der Waals surface area (Å²) >= 11 is 1.70. The number of hydrogen-bond acceptors (Lipinski definition) is 5. The Balaban J connectivity index is 1.76. The van der Waals surface area contributed by atoms with Gasteiger partial charge in [0.2, 0.25) is 0 Å². The summed E-state index contributed by atoms with van der Waals surface area (Å²) in [6.45, 7) is 0.843. The van der Waals surface area contributed by atoms with Crippen molar-refractivity contribution >= 4 is 17.2 Å². The van der Waals surface area contributed by atoms with Gasteiger partial charge >= 0.3 is 0 Å². The van der Waals surface area contributed by atoms with Gasteiger partial charge in [0.15, 0.2) is 0 Å². The van der Waals surface area contributed by atoms with Crippen molar-refractivity contribution in [1.29, 1.82) is 5.26 Å². The van der Waals surface area contributed by atoms with E-state index < -0.39 is 0 Å². The highest BCUT2D eigenvalue weighted by molar-refractivity contribution is 7.15. The van der Waals surface area contributed by atoms with Gasteiger partial charge in [-0.2, -0.15) is 5.26 Å². The zero-order valence-corrected chi connectivity index (χ0v) is 13.0. The summed E-state index contributed by atoms with van der Waals surface area (Å²) in [5, 5.41) is 9.43. The lowest BCUT2D eigenvalue weighted by molar-refractivity contribution is 0.114. The van der Waals surface area contributed by atoms with Gasteiger partial charge in [-0.25, -0.2) is 4.98 Å². The van der Waals surface area contributed by atoms with E-state index in [1.54, 1.807) is 11.3 Å². The van der Waals surface area contributed by atoms with Crippen LogP contribution in [0.5, 0.6) is 0 Å². The fraction of sp³-hybridized carbons (Fsp3) is 0.412. The number of hydrogen-bond donors (Lipinski definition) is 1. The molecule has 2 N–H and O–H groups in total. The molecule has 3 heterocycles. The van der Waals surface area contributed by atoms with E-state index in [4.69, 9.17) is 10.5 Å². The Kier molecular flexibility index (Phi) is 3.36. The molecule has 2 aromatic rings. The number of aromatic nitrogens is 1. The van der Waals surface area contributed by atoms with Crippen molar-refractivity contribution in [1.82, 2.24) is 4.98 Å². The van der Waals surface area contributed by atoms with E-state index in [0.29, 0.717) is 17.3 Å². The van der Waals surface area contributed by atoms with Crippen LogP contribution in [0.4, 0.5) is 5.82 Å². The first kappa shape index (κ1) is 13.7. The van der Waals surface area contributed by atoms with Crippen molar-refractivity contribution in [3.8, 4) is 16.5 Å². The zero-order valence-electron chi connectivity index (χ0n) is 12.2. The molecule has 4 nitrogen and oxygen atoms in total. The number of nitriles is 1. The molecule has 4 rings (SSSR count). The second kappa shape index (κ2) is 5.38. The normalized spacial score (nSPS) is 21.0. The Morgan fingerprint density at radius 1 is 1.32 bits per heavy atom. The van der Waals surface area contributed by atoms with Crippen LogP contribution in [-0.4, -0.2) is 11.6 Å². The number of nitrogen functional groups attached to an aromatic ring is 1. The van der Waals surface area contributed by atoms with Crippen molar-refractivity contribution in [3.63, 3.8) is 0 Å². The first-order valence-corrected chi connectivity index (χ1v) is 8.50. The third kappa shape index (κ3) is 2.39. The van der Waals surface area contributed by atoms with E-state index in [1.165, 1.54) is 17.7 Å². The van der Waals surface area contributed by atoms with Gasteiger partial charge in [-0.3, -0.25) is 0 Å². The number of nitrogens with two attached hydrogens (primary N) is 1. The highest BCUT2D eigenvalue weighted by Gasteiger charge is 2.27. The largest absolute Gasteiger partial charge is 0.383 e. The fourth-order valence-corrected chi connectivity index (χ4v) is 4.07. The third-order valence-corrected chi connectivity index (χ3v) is 5.52. The lowest BCUT2D eigenvalue weighted by Gasteiger charge is -2.08. The van der Waals surface area contributed by atoms with E-state index in [1.807, 2.05) is 0 Å². The summed E-state index contributed by atoms with van der Waals surface area (Å²) in [6, 6.07) is 8.46. The lowest BCUT2D eigenvalue weighted by atomic mass is 10.1. The average molecular weight is 311 g/mol. The lowest BCUT2D eigenvalue weighted by Crippen LogP contribution is -2.00. The summed E-state index contributed by atoms with van der Waals surface area (Å²) < 4.78 is 5.75. The fourth-order valence-electron chi connectivity index (χ4n) is 2.96. The number of nitrogens with zero attached hydrogens (tertiary/aromatic N) is 2. The van der Waals surface area contributed by atoms with E-state index in [0.717, 1.165) is 35.6 Å². The number of rotatable bonds is 3. The van der Waals surface area contributed by atoms with E-state index in [-0.39, 0.29) is 6.10 Å². The van der Waals surface area contributed by atoms with Crippen LogP contribution in [0.2, 0.25) is 0 Å². The molecule has 0 spiro atoms. The van der Waals surface area contributed by atoms with Crippen LogP contribution < -0.4 is 5.73 Å². The van der Waals surface area contributed by atoms with Crippen LogP contribution in [0.25, 0.3) is 10.4 Å². The van der Waals surface area contributed by atoms with Crippen molar-refractivity contribution < 1.29 is 4.74 Å². The molecule has 1 atom stereocenters. The molecule has 0 aromatic carbocycles. The van der Waals surface area contributed by atoms with Gasteiger partial charge in [-0.15, -0.1) is 11.3 Å². The summed E-state index contributed by atoms with van der Waals surface area (Å²) in [4.78, 5) is 6.73. The average Bonchev–Trinajstić information content (AvgIpc) is 3.02. The number of pyridine rings is 1. The smallest absolute Gasteiger partial charge is 0.142 e. The first-order chi connectivity index (χ1) is 10.8. The Morgan fingerprint density at radius 3 is 2.86 bits per heavy atom. The highest BCUT2D eigenvalue weighted by atomic mass is 32.1. The summed E-state index contributed by atoms with van der Waals surface area (Å²) in [6.07, 6.45) is 4.75. The molecule has 2 aromatic heterocycles. The predicted octanol–water partition coefficient (Wildman–Crippen LogP) is 3.99. The van der Waals surface area contributed by atoms with Crippen LogP contribution in [0.1, 0.15) is 53.8 Å². The minimum absolute atomic E-state index is 0.214. The third-order valence-electron chi connectivity index (χ3n) is 4.31. The molecule has 22 heavy (non-hydrogen) atoms. The van der Waals surface area contributed by atoms with Gasteiger partial charge in [0.1, 0.15) is 17.5 Å². The van der Waals surface area contributed by atoms with Crippen LogP contribution in [0, 0.1) is 11.3 Å². The minimum atomic E-state index is 0.214. The van der Waals surface area contributed by atoms with E-state index >= 15 is 0 Å². The SMILES string of the molecule is N#Cc1c(-c2ccc([C@H]3CCCO3)s2)cc(C2CC2)nc1N. The number of anilines is 1. The molecule has 112 valence electrons. The van der Waals surface area contributed by atoms with Gasteiger partial charge in [0, 0.05) is 33.5 Å². The Bertz CT molecular complexity index is 752. The molecule has 0 unspecified atom stereocenters. The Morgan fingerprint density at radius 2 is 2.18 bits per heavy atom. The predicted molar refractivity (Wildman–Crippen MR) is 86.6 cm³/mol. The number of thiophene rings is 1. The van der Waals surface area contributed by atoms with Crippen molar-refractivity contribution in [2.75, 3.05) is 12.3 Å². The molecule has 1 aliphatic carbocycles. The maximum atomic E-state index is 9.43. The molecule has 2 fully saturated rings. The van der Waals surface area contributed by atoms with Crippen molar-refractivity contribution in [2.24, 2.45) is 0 Å². The molecule has 0 bridgehead atoms. The van der Waals surface area contributed by atoms with Gasteiger partial charge < -0.3 is 10.5 Å². The number of ether oxygens (including phenoxy) is 1. The Hall–Kier alpha value is -1.90. The molecule has 0 amide bonds. The maximum Gasteiger partial charge on any atom is 0.142 e. The van der Waals surface area contributed by atoms with Gasteiger partial charge in [-0.05, 0) is 43.9 Å². The monoisotopic (exact) mass is 311 g/mol. The van der Waals surface area contributed by atoms with Gasteiger partial charge in [0.05, 0.1) is 6.10 Å². The van der Waals surface area contributed by atoms with Gasteiger partial charge in [0.25, 0.3) is 0 Å². The standard InChI is InChI=1S/C17H17N3OS/c18-9-12-11(8-13(10-3-4-10)20-17(12)19)15-5-6-16(22-15)14-2-1-7-21-14/h5-6,8,10,14H,1-4,7H2,(H2,19,20)/t14-/m1/s1. The van der Waals surface area contributed by atoms with E-state index in [9.17, 15) is 5.26 Å². The first-order valence-electron chi connectivity index (χ1n) is 7.68. The minimum Gasteiger partial charge on any atom is -0.383 e. The second-order valence-electron chi connectivity index (χ2n) is 5.94. The van der Waals surface area contributed by atoms with Crippen LogP contribution in [0.3, 0.4) is 0 Å². The summed E-state index contributed by atoms with van der Waals surface area (Å²) in [5.41, 5.74) is 8.45. The molecule has 1 aliphatic heterocycles. The summed E-state index contributed by atoms with van der Waals surface area (Å²) in [5.74, 6) is 0.875. The molecule has 1 saturated carbocycles. The topological polar surface area (TPSA) is 71.9 Å². The second-order valence-corrected chi connectivity index (χ2v) is 7.06. The molecular weight excluding hydrogens is 294 g/mol. The van der Waals surface area contributed by atoms with Crippen LogP contribution in [-0.2, 0) is 4.74 Å². The molecule has 1 saturated heterocycles. The zero-order chi connectivity index (χ0) is 15.1. The summed E-state index contributed by atoms with van der Waals surface area (Å²) in [7, 11) is 0. The molecule has 0 radical (unpaired) electrons. The molecule has 2 aliphatic rings. The highest BCUT2D eigenvalue weighted by Crippen LogP contribution is 2.43. The van der Waals surface area contributed by atoms with Crippen molar-refractivity contribution in [2.45, 2.75) is 37.7 Å². The maximum absolute atomic E-state index is 9.43. The van der Waals surface area contributed by atoms with Crippen LogP contribution >= 0.6 is 11.3 Å². The quantitative estimate of drug-likeness (QED) is 0.930. The molecular formula is C17H17N3OS. The van der Waals surface area contributed by atoms with Crippen molar-refractivity contribution in [3.05, 3.63) is 34.3 Å². The van der Waals surface area contributed by atoms with Gasteiger partial charge in [-0.1, -0.05) is 0 Å². The van der Waals surface area contributed by atoms with E-state index in [2.05, 4.69) is 29.3 Å².